The van der Waals surface area contributed by atoms with Gasteiger partial charge in [0.15, 0.2) is 0 Å². The first-order chi connectivity index (χ1) is 14.3. The first-order valence-corrected chi connectivity index (χ1v) is 9.24. The maximum atomic E-state index is 12.7. The lowest BCUT2D eigenvalue weighted by atomic mass is 10.0. The number of non-ortho nitro benzene ring substituents is 1. The average molecular weight is 428 g/mol. The van der Waals surface area contributed by atoms with Crippen LogP contribution in [0.5, 0.6) is 0 Å². The quantitative estimate of drug-likeness (QED) is 0.192. The zero-order chi connectivity index (χ0) is 22.5. The molecule has 11 nitrogen and oxygen atoms in total. The number of hydrogen-bond donors (Lipinski definition) is 1. The summed E-state index contributed by atoms with van der Waals surface area (Å²) in [4.78, 5) is 35.6. The summed E-state index contributed by atoms with van der Waals surface area (Å²) in [6.07, 6.45) is 0.162. The van der Waals surface area contributed by atoms with Gasteiger partial charge in [0, 0.05) is 31.9 Å². The number of amides is 1. The number of likely N-dealkylation sites (N-methyl/N-ethyl adjacent to an activating group) is 1. The monoisotopic (exact) mass is 428 g/mol. The Balaban J connectivity index is 2.67. The fourth-order valence-corrected chi connectivity index (χ4v) is 2.48. The highest BCUT2D eigenvalue weighted by Gasteiger charge is 2.26. The molecule has 0 spiro atoms. The van der Waals surface area contributed by atoms with E-state index in [1.807, 2.05) is 0 Å². The van der Waals surface area contributed by atoms with Crippen LogP contribution in [0.2, 0.25) is 0 Å². The summed E-state index contributed by atoms with van der Waals surface area (Å²) in [5.74, 6) is -2.09. The van der Waals surface area contributed by atoms with Crippen LogP contribution in [-0.4, -0.2) is 80.4 Å². The molecule has 1 rings (SSSR count). The summed E-state index contributed by atoms with van der Waals surface area (Å²) in [5, 5.41) is 20.0. The van der Waals surface area contributed by atoms with E-state index in [-0.39, 0.29) is 37.9 Å². The predicted octanol–water partition coefficient (Wildman–Crippen LogP) is 1.76. The Kier molecular flexibility index (Phi) is 11.5. The smallest absolute Gasteiger partial charge is 0.306 e. The van der Waals surface area contributed by atoms with E-state index >= 15 is 0 Å². The Morgan fingerprint density at radius 3 is 2.33 bits per heavy atom. The molecule has 1 aromatic carbocycles. The lowest BCUT2D eigenvalue weighted by Gasteiger charge is -2.29. The van der Waals surface area contributed by atoms with E-state index in [0.29, 0.717) is 13.2 Å². The molecular weight excluding hydrogens is 400 g/mol. The van der Waals surface area contributed by atoms with Gasteiger partial charge in [-0.1, -0.05) is 6.92 Å². The van der Waals surface area contributed by atoms with Crippen LogP contribution in [0.1, 0.15) is 23.7 Å². The molecule has 0 saturated carbocycles. The zero-order valence-electron chi connectivity index (χ0n) is 17.3. The van der Waals surface area contributed by atoms with Crippen molar-refractivity contribution in [1.82, 2.24) is 4.90 Å². The zero-order valence-corrected chi connectivity index (χ0v) is 17.3. The number of aliphatic carboxylic acids is 1. The largest absolute Gasteiger partial charge is 0.481 e. The van der Waals surface area contributed by atoms with Crippen molar-refractivity contribution in [1.29, 1.82) is 0 Å². The minimum Gasteiger partial charge on any atom is -0.481 e. The highest BCUT2D eigenvalue weighted by molar-refractivity contribution is 5.94. The van der Waals surface area contributed by atoms with Gasteiger partial charge < -0.3 is 29.0 Å². The number of benzene rings is 1. The molecule has 1 amide bonds. The molecule has 0 aliphatic carbocycles. The van der Waals surface area contributed by atoms with Gasteiger partial charge in [-0.15, -0.1) is 0 Å². The van der Waals surface area contributed by atoms with Crippen LogP contribution in [-0.2, 0) is 23.7 Å². The van der Waals surface area contributed by atoms with E-state index < -0.39 is 28.8 Å². The van der Waals surface area contributed by atoms with Gasteiger partial charge in [0.2, 0.25) is 0 Å². The Hall–Kier alpha value is -2.60. The highest BCUT2D eigenvalue weighted by Crippen LogP contribution is 2.17. The number of hydrogen-bond acceptors (Lipinski definition) is 8. The van der Waals surface area contributed by atoms with Crippen molar-refractivity contribution in [2.45, 2.75) is 19.4 Å². The van der Waals surface area contributed by atoms with E-state index in [1.54, 1.807) is 14.0 Å². The maximum absolute atomic E-state index is 12.7. The summed E-state index contributed by atoms with van der Waals surface area (Å²) in [7, 11) is 3.08. The molecule has 0 unspecified atom stereocenters. The van der Waals surface area contributed by atoms with Crippen LogP contribution in [0.3, 0.4) is 0 Å². The second-order valence-electron chi connectivity index (χ2n) is 6.56. The topological polar surface area (TPSA) is 138 Å². The molecule has 1 aromatic rings. The average Bonchev–Trinajstić information content (AvgIpc) is 2.73. The molecule has 0 saturated heterocycles. The van der Waals surface area contributed by atoms with Crippen molar-refractivity contribution in [2.24, 2.45) is 5.92 Å². The Morgan fingerprint density at radius 2 is 1.77 bits per heavy atom. The number of rotatable bonds is 15. The highest BCUT2D eigenvalue weighted by atomic mass is 16.7. The molecule has 0 aliphatic rings. The van der Waals surface area contributed by atoms with Crippen LogP contribution >= 0.6 is 0 Å². The molecule has 0 bridgehead atoms. The van der Waals surface area contributed by atoms with Crippen LogP contribution in [0.4, 0.5) is 5.69 Å². The van der Waals surface area contributed by atoms with Crippen LogP contribution in [0, 0.1) is 16.0 Å². The van der Waals surface area contributed by atoms with Gasteiger partial charge in [0.1, 0.15) is 13.6 Å². The second kappa shape index (κ2) is 13.6. The molecule has 0 aromatic heterocycles. The fraction of sp³-hybridized carbons (Fsp3) is 0.579. The van der Waals surface area contributed by atoms with Crippen LogP contribution < -0.4 is 0 Å². The molecule has 2 atom stereocenters. The number of nitro benzene ring substituents is 1. The number of nitro groups is 1. The minimum atomic E-state index is -0.987. The van der Waals surface area contributed by atoms with Crippen molar-refractivity contribution >= 4 is 17.6 Å². The van der Waals surface area contributed by atoms with Crippen molar-refractivity contribution < 1.29 is 38.6 Å². The van der Waals surface area contributed by atoms with Crippen molar-refractivity contribution in [3.63, 3.8) is 0 Å². The summed E-state index contributed by atoms with van der Waals surface area (Å²) in [6.45, 7) is 2.32. The normalized spacial score (nSPS) is 12.9. The van der Waals surface area contributed by atoms with E-state index in [2.05, 4.69) is 0 Å². The number of carbonyl (C=O) groups is 2. The Morgan fingerprint density at radius 1 is 1.13 bits per heavy atom. The third-order valence-electron chi connectivity index (χ3n) is 4.32. The fourth-order valence-electron chi connectivity index (χ4n) is 2.48. The molecule has 1 N–H and O–H groups in total. The maximum Gasteiger partial charge on any atom is 0.306 e. The molecule has 168 valence electrons. The minimum absolute atomic E-state index is 0.0110. The summed E-state index contributed by atoms with van der Waals surface area (Å²) < 4.78 is 20.6. The van der Waals surface area contributed by atoms with E-state index in [1.165, 1.54) is 36.2 Å². The van der Waals surface area contributed by atoms with E-state index in [9.17, 15) is 24.8 Å². The van der Waals surface area contributed by atoms with Gasteiger partial charge in [-0.3, -0.25) is 19.7 Å². The van der Waals surface area contributed by atoms with Gasteiger partial charge in [0.05, 0.1) is 36.7 Å². The first kappa shape index (κ1) is 25.4. The van der Waals surface area contributed by atoms with Gasteiger partial charge >= 0.3 is 5.97 Å². The SMILES string of the molecule is COCCOCOCOC[C@H](C[C@H](C)C(=O)O)N(C)C(=O)c1ccc([N+](=O)[O-])cc1. The summed E-state index contributed by atoms with van der Waals surface area (Å²) in [5.41, 5.74) is 0.123. The molecule has 11 heteroatoms. The number of carbonyl (C=O) groups excluding carboxylic acids is 1. The van der Waals surface area contributed by atoms with Crippen LogP contribution in [0.25, 0.3) is 0 Å². The predicted molar refractivity (Wildman–Crippen MR) is 105 cm³/mol. The summed E-state index contributed by atoms with van der Waals surface area (Å²) >= 11 is 0. The molecule has 30 heavy (non-hydrogen) atoms. The first-order valence-electron chi connectivity index (χ1n) is 9.24. The molecule has 0 aliphatic heterocycles. The number of carboxylic acids is 1. The van der Waals surface area contributed by atoms with E-state index in [4.69, 9.17) is 18.9 Å². The number of carboxylic acid groups (broad SMARTS) is 1. The van der Waals surface area contributed by atoms with Crippen molar-refractivity contribution in [2.75, 3.05) is 47.6 Å². The van der Waals surface area contributed by atoms with Gasteiger partial charge in [-0.05, 0) is 18.6 Å². The van der Waals surface area contributed by atoms with Crippen molar-refractivity contribution in [3.8, 4) is 0 Å². The van der Waals surface area contributed by atoms with Gasteiger partial charge in [0.25, 0.3) is 11.6 Å². The third kappa shape index (κ3) is 8.82. The lowest BCUT2D eigenvalue weighted by Crippen LogP contribution is -2.42. The Bertz CT molecular complexity index is 681. The van der Waals surface area contributed by atoms with Gasteiger partial charge in [-0.25, -0.2) is 0 Å². The van der Waals surface area contributed by atoms with E-state index in [0.717, 1.165) is 0 Å². The van der Waals surface area contributed by atoms with Gasteiger partial charge in [-0.2, -0.15) is 0 Å². The molecule has 0 heterocycles. The third-order valence-corrected chi connectivity index (χ3v) is 4.32. The molecule has 0 fully saturated rings. The van der Waals surface area contributed by atoms with Crippen LogP contribution in [0.15, 0.2) is 24.3 Å². The summed E-state index contributed by atoms with van der Waals surface area (Å²) in [6, 6.07) is 4.65. The second-order valence-corrected chi connectivity index (χ2v) is 6.56. The number of nitrogens with zero attached hydrogens (tertiary/aromatic N) is 2. The standard InChI is InChI=1S/C19H28N2O9/c1-14(19(23)24)10-17(11-29-13-30-12-28-9-8-27-3)20(2)18(22)15-4-6-16(7-5-15)21(25)26/h4-7,14,17H,8-13H2,1-3H3,(H,23,24)/t14-,17-/m0/s1. The number of ether oxygens (including phenoxy) is 4. The van der Waals surface area contributed by atoms with Crippen molar-refractivity contribution in [3.05, 3.63) is 39.9 Å². The lowest BCUT2D eigenvalue weighted by molar-refractivity contribution is -0.384. The molecular formula is C19H28N2O9. The Labute approximate surface area is 174 Å². The molecule has 0 radical (unpaired) electrons. The number of methoxy groups -OCH3 is 1.